The van der Waals surface area contributed by atoms with Crippen molar-refractivity contribution in [3.05, 3.63) is 11.5 Å². The molecule has 46 valence electrons. The lowest BCUT2D eigenvalue weighted by molar-refractivity contribution is 0.606. The summed E-state index contributed by atoms with van der Waals surface area (Å²) in [5, 5.41) is 0.852. The molecule has 8 heavy (non-hydrogen) atoms. The second-order valence-corrected chi connectivity index (χ2v) is 4.17. The summed E-state index contributed by atoms with van der Waals surface area (Å²) in [4.78, 5) is 0. The second kappa shape index (κ2) is 1.74. The molecule has 1 atom stereocenters. The van der Waals surface area contributed by atoms with Gasteiger partial charge in [0.15, 0.2) is 9.84 Å². The zero-order valence-electron chi connectivity index (χ0n) is 4.04. The van der Waals surface area contributed by atoms with Gasteiger partial charge in [-0.1, -0.05) is 6.08 Å². The lowest BCUT2D eigenvalue weighted by Crippen LogP contribution is -2.03. The summed E-state index contributed by atoms with van der Waals surface area (Å²) in [5.74, 6) is 0.0640. The highest BCUT2D eigenvalue weighted by Crippen LogP contribution is 2.12. The van der Waals surface area contributed by atoms with E-state index in [1.165, 1.54) is 6.08 Å². The SMILES string of the molecule is O=S1(=O)C=C[C@H](Cl)C1. The predicted molar refractivity (Wildman–Crippen MR) is 32.6 cm³/mol. The van der Waals surface area contributed by atoms with E-state index in [0.717, 1.165) is 5.41 Å². The average Bonchev–Trinajstić information content (AvgIpc) is 1.82. The zero-order chi connectivity index (χ0) is 6.20. The minimum Gasteiger partial charge on any atom is -0.224 e. The Kier molecular flexibility index (Phi) is 1.33. The molecule has 0 unspecified atom stereocenters. The smallest absolute Gasteiger partial charge is 0.173 e. The molecule has 1 aliphatic heterocycles. The normalized spacial score (nSPS) is 33.4. The van der Waals surface area contributed by atoms with Crippen LogP contribution >= 0.6 is 11.6 Å². The van der Waals surface area contributed by atoms with Crippen LogP contribution in [0.1, 0.15) is 0 Å². The molecule has 0 saturated heterocycles. The number of hydrogen-bond donors (Lipinski definition) is 0. The molecule has 1 heterocycles. The maximum atomic E-state index is 10.5. The third-order valence-electron chi connectivity index (χ3n) is 0.886. The van der Waals surface area contributed by atoms with E-state index in [0.29, 0.717) is 0 Å². The molecule has 0 N–H and O–H groups in total. The molecule has 0 saturated carbocycles. The Bertz CT molecular complexity index is 204. The second-order valence-electron chi connectivity index (χ2n) is 1.67. The molecular weight excluding hydrogens is 148 g/mol. The molecule has 2 nitrogen and oxygen atoms in total. The van der Waals surface area contributed by atoms with Gasteiger partial charge in [0.25, 0.3) is 0 Å². The minimum atomic E-state index is -2.91. The molecule has 0 aromatic heterocycles. The Hall–Kier alpha value is -0.0200. The van der Waals surface area contributed by atoms with Crippen molar-refractivity contribution in [3.8, 4) is 0 Å². The van der Waals surface area contributed by atoms with Crippen LogP contribution in [0.2, 0.25) is 0 Å². The van der Waals surface area contributed by atoms with Crippen LogP contribution < -0.4 is 0 Å². The van der Waals surface area contributed by atoms with Crippen LogP contribution in [0.15, 0.2) is 11.5 Å². The van der Waals surface area contributed by atoms with Gasteiger partial charge in [-0.05, 0) is 0 Å². The summed E-state index contributed by atoms with van der Waals surface area (Å²) in [5.41, 5.74) is 0. The highest BCUT2D eigenvalue weighted by atomic mass is 35.5. The number of allylic oxidation sites excluding steroid dienone is 1. The van der Waals surface area contributed by atoms with E-state index in [1.54, 1.807) is 0 Å². The van der Waals surface area contributed by atoms with E-state index in [2.05, 4.69) is 0 Å². The molecule has 1 aliphatic rings. The first kappa shape index (κ1) is 6.11. The fourth-order valence-corrected chi connectivity index (χ4v) is 2.32. The highest BCUT2D eigenvalue weighted by Gasteiger charge is 2.18. The summed E-state index contributed by atoms with van der Waals surface area (Å²) < 4.78 is 20.9. The first-order chi connectivity index (χ1) is 3.60. The first-order valence-electron chi connectivity index (χ1n) is 2.15. The number of hydrogen-bond acceptors (Lipinski definition) is 2. The van der Waals surface area contributed by atoms with Gasteiger partial charge >= 0.3 is 0 Å². The highest BCUT2D eigenvalue weighted by molar-refractivity contribution is 7.94. The first-order valence-corrected chi connectivity index (χ1v) is 4.30. The lowest BCUT2D eigenvalue weighted by Gasteiger charge is -1.88. The van der Waals surface area contributed by atoms with Crippen LogP contribution in [0.3, 0.4) is 0 Å². The third-order valence-corrected chi connectivity index (χ3v) is 2.76. The van der Waals surface area contributed by atoms with Gasteiger partial charge in [0.05, 0.1) is 11.1 Å². The van der Waals surface area contributed by atoms with Gasteiger partial charge in [0.2, 0.25) is 0 Å². The van der Waals surface area contributed by atoms with Gasteiger partial charge in [0.1, 0.15) is 0 Å². The summed E-state index contributed by atoms with van der Waals surface area (Å²) in [6.45, 7) is 0. The molecule has 1 rings (SSSR count). The van der Waals surface area contributed by atoms with Gasteiger partial charge in [-0.15, -0.1) is 11.6 Å². The van der Waals surface area contributed by atoms with Gasteiger partial charge in [0, 0.05) is 5.41 Å². The van der Waals surface area contributed by atoms with E-state index in [-0.39, 0.29) is 11.1 Å². The number of sulfone groups is 1. The lowest BCUT2D eigenvalue weighted by atomic mass is 10.5. The third kappa shape index (κ3) is 1.23. The molecular formula is C4H5ClO2S. The summed E-state index contributed by atoms with van der Waals surface area (Å²) in [6, 6.07) is 0. The van der Waals surface area contributed by atoms with Crippen molar-refractivity contribution in [3.63, 3.8) is 0 Å². The fraction of sp³-hybridized carbons (Fsp3) is 0.500. The van der Waals surface area contributed by atoms with Gasteiger partial charge in [-0.3, -0.25) is 0 Å². The topological polar surface area (TPSA) is 34.1 Å². The van der Waals surface area contributed by atoms with Gasteiger partial charge < -0.3 is 0 Å². The maximum absolute atomic E-state index is 10.5. The number of halogens is 1. The number of rotatable bonds is 0. The van der Waals surface area contributed by atoms with E-state index in [9.17, 15) is 8.42 Å². The summed E-state index contributed by atoms with van der Waals surface area (Å²) in [7, 11) is -2.91. The van der Waals surface area contributed by atoms with Crippen molar-refractivity contribution in [2.75, 3.05) is 5.75 Å². The average molecular weight is 153 g/mol. The standard InChI is InChI=1S/C4H5ClO2S/c5-4-1-2-8(6,7)3-4/h1-2,4H,3H2/t4-/m0/s1. The van der Waals surface area contributed by atoms with Crippen LogP contribution in [-0.4, -0.2) is 19.5 Å². The summed E-state index contributed by atoms with van der Waals surface area (Å²) in [6.07, 6.45) is 1.48. The quantitative estimate of drug-likeness (QED) is 0.475. The van der Waals surface area contributed by atoms with Crippen molar-refractivity contribution >= 4 is 21.4 Å². The molecule has 0 spiro atoms. The van der Waals surface area contributed by atoms with E-state index in [4.69, 9.17) is 11.6 Å². The van der Waals surface area contributed by atoms with Crippen LogP contribution in [0.5, 0.6) is 0 Å². The summed E-state index contributed by atoms with van der Waals surface area (Å²) >= 11 is 5.43. The molecule has 0 aliphatic carbocycles. The molecule has 0 aromatic rings. The van der Waals surface area contributed by atoms with Crippen LogP contribution in [-0.2, 0) is 9.84 Å². The van der Waals surface area contributed by atoms with Crippen LogP contribution in [0.25, 0.3) is 0 Å². The molecule has 0 fully saturated rings. The molecule has 0 amide bonds. The molecule has 0 radical (unpaired) electrons. The Morgan fingerprint density at radius 3 is 2.38 bits per heavy atom. The largest absolute Gasteiger partial charge is 0.224 e. The number of alkyl halides is 1. The van der Waals surface area contributed by atoms with Crippen molar-refractivity contribution in [2.24, 2.45) is 0 Å². The predicted octanol–water partition coefficient (Wildman–Crippen LogP) is 0.536. The Labute approximate surface area is 53.1 Å². The Morgan fingerprint density at radius 1 is 1.62 bits per heavy atom. The monoisotopic (exact) mass is 152 g/mol. The van der Waals surface area contributed by atoms with Gasteiger partial charge in [-0.2, -0.15) is 0 Å². The van der Waals surface area contributed by atoms with E-state index >= 15 is 0 Å². The Balaban J connectivity index is 2.89. The van der Waals surface area contributed by atoms with Crippen molar-refractivity contribution in [1.29, 1.82) is 0 Å². The van der Waals surface area contributed by atoms with Crippen molar-refractivity contribution < 1.29 is 8.42 Å². The van der Waals surface area contributed by atoms with Crippen LogP contribution in [0, 0.1) is 0 Å². The maximum Gasteiger partial charge on any atom is 0.173 e. The molecule has 4 heteroatoms. The van der Waals surface area contributed by atoms with Crippen molar-refractivity contribution in [1.82, 2.24) is 0 Å². The minimum absolute atomic E-state index is 0.0640. The zero-order valence-corrected chi connectivity index (χ0v) is 5.61. The molecule has 0 aromatic carbocycles. The van der Waals surface area contributed by atoms with E-state index < -0.39 is 9.84 Å². The van der Waals surface area contributed by atoms with E-state index in [1.807, 2.05) is 0 Å². The van der Waals surface area contributed by atoms with Crippen molar-refractivity contribution in [2.45, 2.75) is 5.38 Å². The molecule has 0 bridgehead atoms. The Morgan fingerprint density at radius 2 is 2.25 bits per heavy atom. The van der Waals surface area contributed by atoms with Crippen LogP contribution in [0.4, 0.5) is 0 Å². The van der Waals surface area contributed by atoms with Gasteiger partial charge in [-0.25, -0.2) is 8.42 Å². The fourth-order valence-electron chi connectivity index (χ4n) is 0.538.